The summed E-state index contributed by atoms with van der Waals surface area (Å²) in [6.07, 6.45) is 1.56. The van der Waals surface area contributed by atoms with E-state index in [1.807, 2.05) is 30.3 Å². The Labute approximate surface area is 149 Å². The van der Waals surface area contributed by atoms with Gasteiger partial charge in [0.1, 0.15) is 5.82 Å². The number of pyridine rings is 1. The van der Waals surface area contributed by atoms with Gasteiger partial charge in [0.15, 0.2) is 0 Å². The van der Waals surface area contributed by atoms with E-state index in [4.69, 9.17) is 23.2 Å². The zero-order chi connectivity index (χ0) is 16.9. The van der Waals surface area contributed by atoms with E-state index in [-0.39, 0.29) is 5.91 Å². The zero-order valence-electron chi connectivity index (χ0n) is 12.5. The second kappa shape index (κ2) is 7.34. The lowest BCUT2D eigenvalue weighted by Gasteiger charge is -2.09. The number of carbonyl (C=O) groups excluding carboxylic acids is 1. The lowest BCUT2D eigenvalue weighted by molar-refractivity contribution is 0.102. The number of anilines is 3. The van der Waals surface area contributed by atoms with Crippen LogP contribution in [0.15, 0.2) is 66.9 Å². The Kier molecular flexibility index (Phi) is 4.99. The van der Waals surface area contributed by atoms with E-state index in [1.54, 1.807) is 36.5 Å². The van der Waals surface area contributed by atoms with Gasteiger partial charge in [-0.2, -0.15) is 0 Å². The van der Waals surface area contributed by atoms with Gasteiger partial charge < -0.3 is 10.6 Å². The molecule has 24 heavy (non-hydrogen) atoms. The highest BCUT2D eigenvalue weighted by Crippen LogP contribution is 2.25. The molecule has 6 heteroatoms. The lowest BCUT2D eigenvalue weighted by Crippen LogP contribution is -2.12. The van der Waals surface area contributed by atoms with E-state index in [0.29, 0.717) is 27.1 Å². The van der Waals surface area contributed by atoms with Crippen molar-refractivity contribution in [2.75, 3.05) is 10.6 Å². The van der Waals surface area contributed by atoms with Crippen molar-refractivity contribution in [1.82, 2.24) is 4.98 Å². The summed E-state index contributed by atoms with van der Waals surface area (Å²) in [6.45, 7) is 0. The molecule has 1 aromatic heterocycles. The molecule has 3 rings (SSSR count). The summed E-state index contributed by atoms with van der Waals surface area (Å²) in [5, 5.41) is 6.95. The summed E-state index contributed by atoms with van der Waals surface area (Å²) >= 11 is 12.0. The van der Waals surface area contributed by atoms with Gasteiger partial charge in [0, 0.05) is 33.2 Å². The van der Waals surface area contributed by atoms with Crippen LogP contribution in [0, 0.1) is 0 Å². The van der Waals surface area contributed by atoms with Crippen LogP contribution in [-0.4, -0.2) is 10.9 Å². The highest BCUT2D eigenvalue weighted by atomic mass is 35.5. The number of nitrogens with one attached hydrogen (secondary N) is 2. The first-order chi connectivity index (χ1) is 11.6. The summed E-state index contributed by atoms with van der Waals surface area (Å²) in [7, 11) is 0. The molecule has 3 aromatic rings. The molecule has 0 spiro atoms. The lowest BCUT2D eigenvalue weighted by atomic mass is 10.2. The molecule has 2 aromatic carbocycles. The van der Waals surface area contributed by atoms with Crippen molar-refractivity contribution in [3.8, 4) is 0 Å². The average molecular weight is 358 g/mol. The van der Waals surface area contributed by atoms with Gasteiger partial charge >= 0.3 is 0 Å². The maximum absolute atomic E-state index is 12.3. The van der Waals surface area contributed by atoms with Crippen LogP contribution in [-0.2, 0) is 0 Å². The molecule has 0 atom stereocenters. The molecule has 0 aliphatic carbocycles. The molecule has 4 nitrogen and oxygen atoms in total. The van der Waals surface area contributed by atoms with Crippen molar-refractivity contribution < 1.29 is 4.79 Å². The topological polar surface area (TPSA) is 54.0 Å². The quantitative estimate of drug-likeness (QED) is 0.658. The molecular formula is C18H13Cl2N3O. The molecule has 1 amide bonds. The van der Waals surface area contributed by atoms with Crippen molar-refractivity contribution >= 4 is 46.3 Å². The van der Waals surface area contributed by atoms with Gasteiger partial charge in [0.2, 0.25) is 0 Å². The number of nitrogens with zero attached hydrogens (tertiary/aromatic N) is 1. The predicted molar refractivity (Wildman–Crippen MR) is 98.4 cm³/mol. The van der Waals surface area contributed by atoms with Crippen LogP contribution in [0.1, 0.15) is 10.4 Å². The van der Waals surface area contributed by atoms with Crippen molar-refractivity contribution in [2.45, 2.75) is 0 Å². The Morgan fingerprint density at radius 1 is 0.875 bits per heavy atom. The molecular weight excluding hydrogens is 345 g/mol. The number of hydrogen-bond donors (Lipinski definition) is 2. The molecule has 0 aliphatic heterocycles. The summed E-state index contributed by atoms with van der Waals surface area (Å²) in [5.74, 6) is 0.310. The van der Waals surface area contributed by atoms with E-state index < -0.39 is 0 Å². The normalized spacial score (nSPS) is 10.2. The summed E-state index contributed by atoms with van der Waals surface area (Å²) < 4.78 is 0. The molecule has 0 aliphatic rings. The van der Waals surface area contributed by atoms with Crippen molar-refractivity contribution in [2.24, 2.45) is 0 Å². The Morgan fingerprint density at radius 3 is 2.29 bits per heavy atom. The zero-order valence-corrected chi connectivity index (χ0v) is 14.0. The maximum atomic E-state index is 12.3. The molecule has 2 N–H and O–H groups in total. The highest BCUT2D eigenvalue weighted by molar-refractivity contribution is 6.35. The summed E-state index contributed by atoms with van der Waals surface area (Å²) in [6, 6.07) is 17.7. The number of halogens is 2. The van der Waals surface area contributed by atoms with Crippen molar-refractivity contribution in [1.29, 1.82) is 0 Å². The first-order valence-electron chi connectivity index (χ1n) is 7.16. The number of benzene rings is 2. The van der Waals surface area contributed by atoms with Crippen molar-refractivity contribution in [3.05, 3.63) is 82.5 Å². The fourth-order valence-corrected chi connectivity index (χ4v) is 2.66. The first kappa shape index (κ1) is 16.3. The number of rotatable bonds is 4. The molecule has 1 heterocycles. The van der Waals surface area contributed by atoms with E-state index in [1.165, 1.54) is 0 Å². The molecule has 0 fully saturated rings. The third-order valence-electron chi connectivity index (χ3n) is 3.19. The summed E-state index contributed by atoms with van der Waals surface area (Å²) in [5.41, 5.74) is 1.92. The smallest absolute Gasteiger partial charge is 0.255 e. The van der Waals surface area contributed by atoms with Crippen LogP contribution < -0.4 is 10.6 Å². The van der Waals surface area contributed by atoms with Crippen LogP contribution >= 0.6 is 23.2 Å². The number of carbonyl (C=O) groups is 1. The third-order valence-corrected chi connectivity index (χ3v) is 3.63. The fourth-order valence-electron chi connectivity index (χ4n) is 2.14. The first-order valence-corrected chi connectivity index (χ1v) is 7.91. The van der Waals surface area contributed by atoms with Gasteiger partial charge in [0.25, 0.3) is 5.91 Å². The Bertz CT molecular complexity index is 849. The monoisotopic (exact) mass is 357 g/mol. The van der Waals surface area contributed by atoms with Crippen LogP contribution in [0.4, 0.5) is 17.2 Å². The van der Waals surface area contributed by atoms with E-state index in [9.17, 15) is 4.79 Å². The van der Waals surface area contributed by atoms with Gasteiger partial charge in [-0.15, -0.1) is 0 Å². The second-order valence-electron chi connectivity index (χ2n) is 5.03. The fraction of sp³-hybridized carbons (Fsp3) is 0. The average Bonchev–Trinajstić information content (AvgIpc) is 2.55. The summed E-state index contributed by atoms with van der Waals surface area (Å²) in [4.78, 5) is 16.5. The van der Waals surface area contributed by atoms with E-state index in [2.05, 4.69) is 15.6 Å². The van der Waals surface area contributed by atoms with Crippen LogP contribution in [0.2, 0.25) is 10.0 Å². The van der Waals surface area contributed by atoms with Gasteiger partial charge in [-0.1, -0.05) is 41.4 Å². The molecule has 0 bridgehead atoms. The minimum absolute atomic E-state index is 0.212. The minimum atomic E-state index is -0.212. The predicted octanol–water partition coefficient (Wildman–Crippen LogP) is 5.38. The van der Waals surface area contributed by atoms with E-state index >= 15 is 0 Å². The highest BCUT2D eigenvalue weighted by Gasteiger charge is 2.08. The third kappa shape index (κ3) is 4.25. The maximum Gasteiger partial charge on any atom is 0.255 e. The standard InChI is InChI=1S/C18H13Cl2N3O/c19-13-9-14(20)11-16(10-13)22-17-8-12(6-7-21-17)18(24)23-15-4-2-1-3-5-15/h1-11H,(H,21,22)(H,23,24). The number of aromatic nitrogens is 1. The number of para-hydroxylation sites is 1. The largest absolute Gasteiger partial charge is 0.340 e. The molecule has 0 saturated heterocycles. The Hall–Kier alpha value is -2.56. The number of amides is 1. The van der Waals surface area contributed by atoms with Gasteiger partial charge in [-0.3, -0.25) is 4.79 Å². The van der Waals surface area contributed by atoms with E-state index in [0.717, 1.165) is 5.69 Å². The molecule has 0 radical (unpaired) electrons. The molecule has 120 valence electrons. The van der Waals surface area contributed by atoms with Crippen LogP contribution in [0.25, 0.3) is 0 Å². The van der Waals surface area contributed by atoms with Crippen molar-refractivity contribution in [3.63, 3.8) is 0 Å². The van der Waals surface area contributed by atoms with Crippen LogP contribution in [0.3, 0.4) is 0 Å². The Morgan fingerprint density at radius 2 is 1.58 bits per heavy atom. The van der Waals surface area contributed by atoms with Gasteiger partial charge in [-0.05, 0) is 42.5 Å². The van der Waals surface area contributed by atoms with Gasteiger partial charge in [0.05, 0.1) is 0 Å². The SMILES string of the molecule is O=C(Nc1ccccc1)c1ccnc(Nc2cc(Cl)cc(Cl)c2)c1. The Balaban J connectivity index is 1.77. The van der Waals surface area contributed by atoms with Gasteiger partial charge in [-0.25, -0.2) is 4.98 Å². The number of hydrogen-bond acceptors (Lipinski definition) is 3. The molecule has 0 saturated carbocycles. The second-order valence-corrected chi connectivity index (χ2v) is 5.91. The molecule has 0 unspecified atom stereocenters. The minimum Gasteiger partial charge on any atom is -0.340 e. The van der Waals surface area contributed by atoms with Crippen LogP contribution in [0.5, 0.6) is 0 Å².